The molecule has 15 heavy (non-hydrogen) atoms. The van der Waals surface area contributed by atoms with Crippen LogP contribution in [0.1, 0.15) is 5.76 Å². The van der Waals surface area contributed by atoms with E-state index in [2.05, 4.69) is 36.6 Å². The van der Waals surface area contributed by atoms with Gasteiger partial charge in [0.05, 0.1) is 11.6 Å². The Balaban J connectivity index is 3.05. The van der Waals surface area contributed by atoms with Crippen LogP contribution in [0.25, 0.3) is 6.08 Å². The number of methoxy groups -OCH3 is 1. The van der Waals surface area contributed by atoms with Crippen LogP contribution in [0.2, 0.25) is 0 Å². The molecule has 0 aliphatic carbocycles. The molecule has 0 radical (unpaired) electrons. The van der Waals surface area contributed by atoms with Gasteiger partial charge in [-0.25, -0.2) is 4.79 Å². The summed E-state index contributed by atoms with van der Waals surface area (Å²) in [4.78, 5) is 11.1. The molecule has 4 nitrogen and oxygen atoms in total. The van der Waals surface area contributed by atoms with E-state index in [1.165, 1.54) is 13.2 Å². The number of esters is 1. The molecular weight excluding hydrogens is 330 g/mol. The first-order valence-electron chi connectivity index (χ1n) is 3.73. The van der Waals surface area contributed by atoms with Crippen molar-refractivity contribution in [2.75, 3.05) is 7.11 Å². The quantitative estimate of drug-likeness (QED) is 0.474. The molecule has 0 N–H and O–H groups in total. The zero-order valence-corrected chi connectivity index (χ0v) is 10.8. The number of hydrogen-bond acceptors (Lipinski definition) is 4. The molecule has 0 aliphatic rings. The predicted octanol–water partition coefficient (Wildman–Crippen LogP) is 2.88. The first-order valence-corrected chi connectivity index (χ1v) is 5.32. The standard InChI is InChI=1S/C9H5Br2NO3/c1-14-9(13)5(4-12)2-6-3-7(10)8(11)15-6/h2-3H,1H3/b5-2-. The second-order valence-electron chi connectivity index (χ2n) is 2.43. The lowest BCUT2D eigenvalue weighted by atomic mass is 10.2. The number of hydrogen-bond donors (Lipinski definition) is 0. The molecule has 1 aromatic rings. The third kappa shape index (κ3) is 2.94. The minimum atomic E-state index is -0.693. The number of halogens is 2. The number of nitriles is 1. The molecule has 0 spiro atoms. The van der Waals surface area contributed by atoms with Crippen molar-refractivity contribution < 1.29 is 13.9 Å². The van der Waals surface area contributed by atoms with Crippen molar-refractivity contribution in [2.24, 2.45) is 0 Å². The lowest BCUT2D eigenvalue weighted by Gasteiger charge is -1.93. The van der Waals surface area contributed by atoms with E-state index >= 15 is 0 Å². The fraction of sp³-hybridized carbons (Fsp3) is 0.111. The molecule has 0 atom stereocenters. The SMILES string of the molecule is COC(=O)/C(C#N)=C\c1cc(Br)c(Br)o1. The summed E-state index contributed by atoms with van der Waals surface area (Å²) in [7, 11) is 1.21. The first-order chi connectivity index (χ1) is 7.08. The number of ether oxygens (including phenoxy) is 1. The van der Waals surface area contributed by atoms with E-state index in [9.17, 15) is 4.79 Å². The van der Waals surface area contributed by atoms with E-state index < -0.39 is 5.97 Å². The predicted molar refractivity (Wildman–Crippen MR) is 59.7 cm³/mol. The van der Waals surface area contributed by atoms with Crippen LogP contribution >= 0.6 is 31.9 Å². The Kier molecular flexibility index (Phi) is 4.12. The van der Waals surface area contributed by atoms with Gasteiger partial charge in [-0.15, -0.1) is 0 Å². The molecular formula is C9H5Br2NO3. The van der Waals surface area contributed by atoms with Gasteiger partial charge >= 0.3 is 5.97 Å². The van der Waals surface area contributed by atoms with Crippen molar-refractivity contribution >= 4 is 43.9 Å². The summed E-state index contributed by atoms with van der Waals surface area (Å²) in [5.41, 5.74) is -0.119. The molecule has 6 heteroatoms. The first kappa shape index (κ1) is 12.0. The van der Waals surface area contributed by atoms with Crippen LogP contribution in [0, 0.1) is 11.3 Å². The largest absolute Gasteiger partial charge is 0.465 e. The maximum absolute atomic E-state index is 11.1. The average Bonchev–Trinajstić information content (AvgIpc) is 2.53. The third-order valence-corrected chi connectivity index (χ3v) is 3.19. The second kappa shape index (κ2) is 5.14. The van der Waals surface area contributed by atoms with E-state index in [1.807, 2.05) is 0 Å². The fourth-order valence-electron chi connectivity index (χ4n) is 0.824. The van der Waals surface area contributed by atoms with Gasteiger partial charge < -0.3 is 9.15 Å². The summed E-state index contributed by atoms with van der Waals surface area (Å²) < 4.78 is 10.8. The van der Waals surface area contributed by atoms with Gasteiger partial charge in [0.1, 0.15) is 17.4 Å². The van der Waals surface area contributed by atoms with Crippen molar-refractivity contribution in [3.05, 3.63) is 26.5 Å². The molecule has 78 valence electrons. The molecule has 0 unspecified atom stereocenters. The number of nitrogens with zero attached hydrogens (tertiary/aromatic N) is 1. The topological polar surface area (TPSA) is 63.2 Å². The molecule has 1 heterocycles. The molecule has 1 rings (SSSR count). The molecule has 0 saturated carbocycles. The van der Waals surface area contributed by atoms with Gasteiger partial charge in [-0.1, -0.05) is 0 Å². The minimum absolute atomic E-state index is 0.119. The number of carbonyl (C=O) groups is 1. The Morgan fingerprint density at radius 3 is 2.73 bits per heavy atom. The summed E-state index contributed by atoms with van der Waals surface area (Å²) in [6.45, 7) is 0. The fourth-order valence-corrected chi connectivity index (χ4v) is 1.43. The van der Waals surface area contributed by atoms with Crippen LogP contribution < -0.4 is 0 Å². The summed E-state index contributed by atoms with van der Waals surface area (Å²) in [5.74, 6) is -0.308. The summed E-state index contributed by atoms with van der Waals surface area (Å²) >= 11 is 6.35. The summed E-state index contributed by atoms with van der Waals surface area (Å²) in [6.07, 6.45) is 1.31. The molecule has 0 fully saturated rings. The van der Waals surface area contributed by atoms with Crippen molar-refractivity contribution in [2.45, 2.75) is 0 Å². The van der Waals surface area contributed by atoms with Crippen LogP contribution in [0.3, 0.4) is 0 Å². The van der Waals surface area contributed by atoms with Gasteiger partial charge in [0.25, 0.3) is 0 Å². The van der Waals surface area contributed by atoms with Gasteiger partial charge in [0.2, 0.25) is 0 Å². The Morgan fingerprint density at radius 1 is 1.67 bits per heavy atom. The van der Waals surface area contributed by atoms with Crippen molar-refractivity contribution in [1.82, 2.24) is 0 Å². The zero-order valence-electron chi connectivity index (χ0n) is 7.58. The van der Waals surface area contributed by atoms with Crippen LogP contribution in [0.5, 0.6) is 0 Å². The summed E-state index contributed by atoms with van der Waals surface area (Å²) in [5, 5.41) is 8.68. The number of rotatable bonds is 2. The maximum Gasteiger partial charge on any atom is 0.348 e. The van der Waals surface area contributed by atoms with E-state index in [1.54, 1.807) is 12.1 Å². The Morgan fingerprint density at radius 2 is 2.33 bits per heavy atom. The van der Waals surface area contributed by atoms with Crippen LogP contribution in [-0.2, 0) is 9.53 Å². The normalized spacial score (nSPS) is 10.9. The highest BCUT2D eigenvalue weighted by Gasteiger charge is 2.11. The smallest absolute Gasteiger partial charge is 0.348 e. The molecule has 0 amide bonds. The molecule has 0 bridgehead atoms. The van der Waals surface area contributed by atoms with Gasteiger partial charge in [-0.2, -0.15) is 5.26 Å². The zero-order chi connectivity index (χ0) is 11.4. The van der Waals surface area contributed by atoms with Crippen LogP contribution in [0.15, 0.2) is 25.2 Å². The van der Waals surface area contributed by atoms with Crippen molar-refractivity contribution in [1.29, 1.82) is 5.26 Å². The van der Waals surface area contributed by atoms with Gasteiger partial charge in [-0.3, -0.25) is 0 Å². The monoisotopic (exact) mass is 333 g/mol. The summed E-state index contributed by atoms with van der Waals surface area (Å²) in [6, 6.07) is 3.36. The highest BCUT2D eigenvalue weighted by atomic mass is 79.9. The minimum Gasteiger partial charge on any atom is -0.465 e. The molecule has 1 aromatic heterocycles. The average molecular weight is 335 g/mol. The van der Waals surface area contributed by atoms with Crippen molar-refractivity contribution in [3.8, 4) is 6.07 Å². The number of carbonyl (C=O) groups excluding carboxylic acids is 1. The van der Waals surface area contributed by atoms with Crippen LogP contribution in [-0.4, -0.2) is 13.1 Å². The molecule has 0 aliphatic heterocycles. The second-order valence-corrected chi connectivity index (χ2v) is 4.01. The molecule has 0 aromatic carbocycles. The lowest BCUT2D eigenvalue weighted by molar-refractivity contribution is -0.135. The van der Waals surface area contributed by atoms with Gasteiger partial charge in [0.15, 0.2) is 4.67 Å². The van der Waals surface area contributed by atoms with E-state index in [-0.39, 0.29) is 5.57 Å². The van der Waals surface area contributed by atoms with E-state index in [0.29, 0.717) is 14.9 Å². The highest BCUT2D eigenvalue weighted by Crippen LogP contribution is 2.27. The van der Waals surface area contributed by atoms with E-state index in [0.717, 1.165) is 0 Å². The Labute approximate surface area is 103 Å². The maximum atomic E-state index is 11.1. The van der Waals surface area contributed by atoms with E-state index in [4.69, 9.17) is 9.68 Å². The lowest BCUT2D eigenvalue weighted by Crippen LogP contribution is -2.02. The van der Waals surface area contributed by atoms with Gasteiger partial charge in [0, 0.05) is 6.08 Å². The van der Waals surface area contributed by atoms with Crippen LogP contribution in [0.4, 0.5) is 0 Å². The third-order valence-electron chi connectivity index (χ3n) is 1.48. The molecule has 0 saturated heterocycles. The Hall–Kier alpha value is -1.06. The Bertz CT molecular complexity index is 437. The highest BCUT2D eigenvalue weighted by molar-refractivity contribution is 9.13. The van der Waals surface area contributed by atoms with Gasteiger partial charge in [-0.05, 0) is 37.9 Å². The number of furan rings is 1. The van der Waals surface area contributed by atoms with Crippen molar-refractivity contribution in [3.63, 3.8) is 0 Å².